The summed E-state index contributed by atoms with van der Waals surface area (Å²) < 4.78 is 0. The van der Waals surface area contributed by atoms with Crippen LogP contribution in [0.15, 0.2) is 4.99 Å². The van der Waals surface area contributed by atoms with Gasteiger partial charge in [0.1, 0.15) is 0 Å². The van der Waals surface area contributed by atoms with Gasteiger partial charge in [-0.25, -0.2) is 0 Å². The highest BCUT2D eigenvalue weighted by Crippen LogP contribution is 2.51. The lowest BCUT2D eigenvalue weighted by molar-refractivity contribution is 0.585. The first-order valence-corrected chi connectivity index (χ1v) is 3.10. The molecule has 1 aliphatic carbocycles. The molecule has 1 aliphatic heterocycles. The van der Waals surface area contributed by atoms with E-state index in [1.54, 1.807) is 0 Å². The zero-order chi connectivity index (χ0) is 5.61. The molecule has 0 amide bonds. The van der Waals surface area contributed by atoms with Crippen molar-refractivity contribution < 1.29 is 0 Å². The lowest BCUT2D eigenvalue weighted by Crippen LogP contribution is -2.10. The van der Waals surface area contributed by atoms with E-state index in [2.05, 4.69) is 4.99 Å². The Labute approximate surface area is 48.8 Å². The van der Waals surface area contributed by atoms with Crippen molar-refractivity contribution in [1.29, 1.82) is 0 Å². The van der Waals surface area contributed by atoms with Crippen LogP contribution in [0.25, 0.3) is 0 Å². The third kappa shape index (κ3) is 0.457. The fraction of sp³-hybridized carbons (Fsp3) is 0.833. The van der Waals surface area contributed by atoms with E-state index in [1.165, 1.54) is 12.8 Å². The van der Waals surface area contributed by atoms with Crippen molar-refractivity contribution in [2.24, 2.45) is 16.1 Å². The first-order valence-electron chi connectivity index (χ1n) is 3.10. The van der Waals surface area contributed by atoms with Crippen molar-refractivity contribution in [3.8, 4) is 0 Å². The monoisotopic (exact) mass is 110 g/mol. The van der Waals surface area contributed by atoms with Crippen molar-refractivity contribution in [2.45, 2.75) is 19.3 Å². The molecule has 0 unspecified atom stereocenters. The summed E-state index contributed by atoms with van der Waals surface area (Å²) in [6.07, 6.45) is 3.79. The number of nitrogens with two attached hydrogens (primary N) is 1. The van der Waals surface area contributed by atoms with Crippen molar-refractivity contribution in [3.05, 3.63) is 0 Å². The second-order valence-corrected chi connectivity index (χ2v) is 2.98. The van der Waals surface area contributed by atoms with Crippen LogP contribution in [-0.4, -0.2) is 12.4 Å². The first kappa shape index (κ1) is 4.36. The van der Waals surface area contributed by atoms with Crippen molar-refractivity contribution in [2.75, 3.05) is 6.54 Å². The summed E-state index contributed by atoms with van der Waals surface area (Å²) in [5.41, 5.74) is 6.09. The molecule has 2 nitrogen and oxygen atoms in total. The highest BCUT2D eigenvalue weighted by Gasteiger charge is 2.45. The van der Waals surface area contributed by atoms with Gasteiger partial charge in [-0.15, -0.1) is 0 Å². The highest BCUT2D eigenvalue weighted by molar-refractivity contribution is 5.83. The van der Waals surface area contributed by atoms with Crippen molar-refractivity contribution in [1.82, 2.24) is 0 Å². The first-order chi connectivity index (χ1) is 3.81. The lowest BCUT2D eigenvalue weighted by atomic mass is 10.1. The van der Waals surface area contributed by atoms with Crippen LogP contribution in [0.1, 0.15) is 19.3 Å². The van der Waals surface area contributed by atoms with E-state index in [-0.39, 0.29) is 0 Å². The molecular weight excluding hydrogens is 100 g/mol. The van der Waals surface area contributed by atoms with Crippen LogP contribution >= 0.6 is 0 Å². The Balaban J connectivity index is 2.12. The Hall–Kier alpha value is -0.530. The SMILES string of the molecule is NC1=NCC2(CC2)C1. The van der Waals surface area contributed by atoms with Gasteiger partial charge in [0.05, 0.1) is 5.84 Å². The Morgan fingerprint density at radius 2 is 2.25 bits per heavy atom. The van der Waals surface area contributed by atoms with Crippen LogP contribution in [-0.2, 0) is 0 Å². The minimum absolute atomic E-state index is 0.587. The maximum absolute atomic E-state index is 5.50. The van der Waals surface area contributed by atoms with Crippen LogP contribution in [0, 0.1) is 5.41 Å². The van der Waals surface area contributed by atoms with E-state index >= 15 is 0 Å². The molecule has 0 saturated heterocycles. The Morgan fingerprint density at radius 1 is 1.50 bits per heavy atom. The second kappa shape index (κ2) is 1.07. The number of hydrogen-bond acceptors (Lipinski definition) is 2. The van der Waals surface area contributed by atoms with E-state index < -0.39 is 0 Å². The fourth-order valence-electron chi connectivity index (χ4n) is 1.28. The van der Waals surface area contributed by atoms with Crippen LogP contribution in [0.4, 0.5) is 0 Å². The van der Waals surface area contributed by atoms with Gasteiger partial charge in [-0.2, -0.15) is 0 Å². The van der Waals surface area contributed by atoms with E-state index in [1.807, 2.05) is 0 Å². The van der Waals surface area contributed by atoms with Gasteiger partial charge in [-0.3, -0.25) is 4.99 Å². The molecular formula is C6H10N2. The van der Waals surface area contributed by atoms with Crippen molar-refractivity contribution >= 4 is 5.84 Å². The molecule has 2 N–H and O–H groups in total. The van der Waals surface area contributed by atoms with E-state index in [4.69, 9.17) is 5.73 Å². The van der Waals surface area contributed by atoms with Gasteiger partial charge in [0, 0.05) is 13.0 Å². The molecule has 0 radical (unpaired) electrons. The molecule has 8 heavy (non-hydrogen) atoms. The molecule has 1 fully saturated rings. The Morgan fingerprint density at radius 3 is 2.50 bits per heavy atom. The lowest BCUT2D eigenvalue weighted by Gasteiger charge is -1.97. The summed E-state index contributed by atoms with van der Waals surface area (Å²) in [5.74, 6) is 0.877. The van der Waals surface area contributed by atoms with Gasteiger partial charge < -0.3 is 5.73 Å². The molecule has 44 valence electrons. The maximum atomic E-state index is 5.50. The van der Waals surface area contributed by atoms with E-state index in [0.717, 1.165) is 18.8 Å². The predicted octanol–water partition coefficient (Wildman–Crippen LogP) is 0.528. The minimum Gasteiger partial charge on any atom is -0.387 e. The standard InChI is InChI=1S/C6H10N2/c7-5-3-6(1-2-6)4-8-5/h1-4H2,(H2,7,8). The summed E-state index contributed by atoms with van der Waals surface area (Å²) in [6.45, 7) is 1.01. The van der Waals surface area contributed by atoms with E-state index in [0.29, 0.717) is 5.41 Å². The quantitative estimate of drug-likeness (QED) is 0.485. The summed E-state index contributed by atoms with van der Waals surface area (Å²) in [7, 11) is 0. The van der Waals surface area contributed by atoms with Gasteiger partial charge in [0.15, 0.2) is 0 Å². The highest BCUT2D eigenvalue weighted by atomic mass is 14.9. The van der Waals surface area contributed by atoms with Crippen LogP contribution in [0.2, 0.25) is 0 Å². The zero-order valence-corrected chi connectivity index (χ0v) is 4.85. The Bertz CT molecular complexity index is 145. The van der Waals surface area contributed by atoms with Crippen LogP contribution in [0.5, 0.6) is 0 Å². The number of aliphatic imine (C=N–C) groups is 1. The van der Waals surface area contributed by atoms with Gasteiger partial charge in [0.25, 0.3) is 0 Å². The Kier molecular flexibility index (Phi) is 0.581. The normalized spacial score (nSPS) is 30.8. The average Bonchev–Trinajstić information content (AvgIpc) is 2.34. The molecule has 0 bridgehead atoms. The molecule has 1 spiro atoms. The number of rotatable bonds is 0. The largest absolute Gasteiger partial charge is 0.387 e. The van der Waals surface area contributed by atoms with Crippen LogP contribution < -0.4 is 5.73 Å². The molecule has 0 aromatic carbocycles. The average molecular weight is 110 g/mol. The van der Waals surface area contributed by atoms with Gasteiger partial charge in [0.2, 0.25) is 0 Å². The maximum Gasteiger partial charge on any atom is 0.0943 e. The molecule has 1 saturated carbocycles. The predicted molar refractivity (Wildman–Crippen MR) is 32.8 cm³/mol. The molecule has 2 aliphatic rings. The summed E-state index contributed by atoms with van der Waals surface area (Å²) in [5, 5.41) is 0. The molecule has 2 heteroatoms. The number of amidine groups is 1. The molecule has 1 heterocycles. The number of hydrogen-bond donors (Lipinski definition) is 1. The number of nitrogens with zero attached hydrogens (tertiary/aromatic N) is 1. The third-order valence-corrected chi connectivity index (χ3v) is 2.13. The van der Waals surface area contributed by atoms with Gasteiger partial charge >= 0.3 is 0 Å². The smallest absolute Gasteiger partial charge is 0.0943 e. The molecule has 0 aromatic heterocycles. The van der Waals surface area contributed by atoms with Crippen molar-refractivity contribution in [3.63, 3.8) is 0 Å². The molecule has 2 rings (SSSR count). The van der Waals surface area contributed by atoms with Crippen LogP contribution in [0.3, 0.4) is 0 Å². The zero-order valence-electron chi connectivity index (χ0n) is 4.85. The summed E-state index contributed by atoms with van der Waals surface area (Å²) in [6, 6.07) is 0. The third-order valence-electron chi connectivity index (χ3n) is 2.13. The molecule has 0 atom stereocenters. The second-order valence-electron chi connectivity index (χ2n) is 2.98. The van der Waals surface area contributed by atoms with Gasteiger partial charge in [-0.05, 0) is 18.3 Å². The topological polar surface area (TPSA) is 38.4 Å². The van der Waals surface area contributed by atoms with E-state index in [9.17, 15) is 0 Å². The van der Waals surface area contributed by atoms with Gasteiger partial charge in [-0.1, -0.05) is 0 Å². The summed E-state index contributed by atoms with van der Waals surface area (Å²) >= 11 is 0. The fourth-order valence-corrected chi connectivity index (χ4v) is 1.28. The molecule has 0 aromatic rings. The minimum atomic E-state index is 0.587. The summed E-state index contributed by atoms with van der Waals surface area (Å²) in [4.78, 5) is 4.15.